The number of aromatic nitrogens is 3. The zero-order chi connectivity index (χ0) is 13.0. The molecule has 0 unspecified atom stereocenters. The number of anilines is 1. The summed E-state index contributed by atoms with van der Waals surface area (Å²) in [6, 6.07) is 5.00. The van der Waals surface area contributed by atoms with E-state index in [0.29, 0.717) is 18.1 Å². The van der Waals surface area contributed by atoms with Gasteiger partial charge in [0.1, 0.15) is 11.5 Å². The van der Waals surface area contributed by atoms with Crippen LogP contribution in [-0.4, -0.2) is 26.0 Å². The van der Waals surface area contributed by atoms with Gasteiger partial charge in [-0.25, -0.2) is 19.7 Å². The topological polar surface area (TPSA) is 88.0 Å². The Balaban J connectivity index is 2.06. The molecule has 92 valence electrons. The number of pyridine rings is 1. The molecular formula is C12H12N4O2. The summed E-state index contributed by atoms with van der Waals surface area (Å²) >= 11 is 0. The standard InChI is InChI=1S/C12H12N4O2/c1-8-13-4-3-10(16-8)7-15-9-2-5-14-11(6-9)12(17)18/h2-6H,7H2,1H3,(H,14,15)(H,17,18). The number of carboxylic acid groups (broad SMARTS) is 1. The number of nitrogens with one attached hydrogen (secondary N) is 1. The molecule has 0 aliphatic carbocycles. The molecular weight excluding hydrogens is 232 g/mol. The fourth-order valence-electron chi connectivity index (χ4n) is 1.45. The van der Waals surface area contributed by atoms with Crippen LogP contribution in [0.15, 0.2) is 30.6 Å². The van der Waals surface area contributed by atoms with Crippen LogP contribution in [-0.2, 0) is 6.54 Å². The predicted octanol–water partition coefficient (Wildman–Crippen LogP) is 1.49. The van der Waals surface area contributed by atoms with Crippen molar-refractivity contribution >= 4 is 11.7 Å². The number of aryl methyl sites for hydroxylation is 1. The summed E-state index contributed by atoms with van der Waals surface area (Å²) in [5.41, 5.74) is 1.55. The van der Waals surface area contributed by atoms with E-state index in [4.69, 9.17) is 5.11 Å². The SMILES string of the molecule is Cc1nccc(CNc2ccnc(C(=O)O)c2)n1. The van der Waals surface area contributed by atoms with Gasteiger partial charge in [-0.3, -0.25) is 0 Å². The Bertz CT molecular complexity index is 572. The molecule has 2 aromatic heterocycles. The summed E-state index contributed by atoms with van der Waals surface area (Å²) in [6.45, 7) is 2.32. The molecule has 0 spiro atoms. The van der Waals surface area contributed by atoms with Gasteiger partial charge < -0.3 is 10.4 Å². The average molecular weight is 244 g/mol. The molecule has 2 N–H and O–H groups in total. The maximum atomic E-state index is 10.8. The molecule has 2 heterocycles. The van der Waals surface area contributed by atoms with Crippen molar-refractivity contribution in [3.8, 4) is 0 Å². The van der Waals surface area contributed by atoms with E-state index in [0.717, 1.165) is 5.69 Å². The van der Waals surface area contributed by atoms with Crippen LogP contribution in [0.25, 0.3) is 0 Å². The summed E-state index contributed by atoms with van der Waals surface area (Å²) < 4.78 is 0. The molecule has 18 heavy (non-hydrogen) atoms. The lowest BCUT2D eigenvalue weighted by Gasteiger charge is -2.06. The normalized spacial score (nSPS) is 10.1. The Hall–Kier alpha value is -2.50. The third kappa shape index (κ3) is 3.00. The molecule has 2 rings (SSSR count). The third-order valence-corrected chi connectivity index (χ3v) is 2.29. The Labute approximate surface area is 104 Å². The molecule has 0 bridgehead atoms. The van der Waals surface area contributed by atoms with Crippen molar-refractivity contribution in [1.29, 1.82) is 0 Å². The second kappa shape index (κ2) is 5.22. The second-order valence-electron chi connectivity index (χ2n) is 3.68. The molecule has 0 amide bonds. The Morgan fingerprint density at radius 2 is 2.11 bits per heavy atom. The summed E-state index contributed by atoms with van der Waals surface area (Å²) in [7, 11) is 0. The van der Waals surface area contributed by atoms with E-state index in [9.17, 15) is 4.79 Å². The van der Waals surface area contributed by atoms with Crippen molar-refractivity contribution in [2.45, 2.75) is 13.5 Å². The van der Waals surface area contributed by atoms with Crippen molar-refractivity contribution in [3.05, 3.63) is 47.8 Å². The van der Waals surface area contributed by atoms with Crippen LogP contribution in [0.5, 0.6) is 0 Å². The highest BCUT2D eigenvalue weighted by atomic mass is 16.4. The first-order valence-electron chi connectivity index (χ1n) is 5.37. The van der Waals surface area contributed by atoms with Crippen molar-refractivity contribution in [2.75, 3.05) is 5.32 Å². The molecule has 2 aromatic rings. The second-order valence-corrected chi connectivity index (χ2v) is 3.68. The zero-order valence-electron chi connectivity index (χ0n) is 9.79. The first kappa shape index (κ1) is 12.0. The van der Waals surface area contributed by atoms with Gasteiger partial charge in [-0.15, -0.1) is 0 Å². The Morgan fingerprint density at radius 1 is 1.33 bits per heavy atom. The summed E-state index contributed by atoms with van der Waals surface area (Å²) in [4.78, 5) is 22.7. The van der Waals surface area contributed by atoms with Crippen molar-refractivity contribution < 1.29 is 9.90 Å². The predicted molar refractivity (Wildman–Crippen MR) is 65.3 cm³/mol. The minimum absolute atomic E-state index is 0.0128. The van der Waals surface area contributed by atoms with Crippen LogP contribution in [0.3, 0.4) is 0 Å². The molecule has 6 nitrogen and oxygen atoms in total. The lowest BCUT2D eigenvalue weighted by Crippen LogP contribution is -2.05. The molecule has 0 aliphatic rings. The van der Waals surface area contributed by atoms with Crippen molar-refractivity contribution in [3.63, 3.8) is 0 Å². The summed E-state index contributed by atoms with van der Waals surface area (Å²) in [5.74, 6) is -0.341. The van der Waals surface area contributed by atoms with Crippen molar-refractivity contribution in [1.82, 2.24) is 15.0 Å². The molecule has 6 heteroatoms. The molecule has 0 aliphatic heterocycles. The van der Waals surface area contributed by atoms with Gasteiger partial charge in [-0.2, -0.15) is 0 Å². The lowest BCUT2D eigenvalue weighted by molar-refractivity contribution is 0.0690. The highest BCUT2D eigenvalue weighted by Gasteiger charge is 2.04. The molecule has 0 fully saturated rings. The van der Waals surface area contributed by atoms with Crippen LogP contribution < -0.4 is 5.32 Å². The van der Waals surface area contributed by atoms with Gasteiger partial charge in [-0.05, 0) is 25.1 Å². The average Bonchev–Trinajstić information content (AvgIpc) is 2.37. The summed E-state index contributed by atoms with van der Waals surface area (Å²) in [5, 5.41) is 11.9. The van der Waals surface area contributed by atoms with Crippen LogP contribution in [0.1, 0.15) is 22.0 Å². The van der Waals surface area contributed by atoms with E-state index >= 15 is 0 Å². The van der Waals surface area contributed by atoms with E-state index < -0.39 is 5.97 Å². The van der Waals surface area contributed by atoms with E-state index in [1.807, 2.05) is 6.92 Å². The first-order chi connectivity index (χ1) is 8.65. The van der Waals surface area contributed by atoms with E-state index in [1.165, 1.54) is 12.3 Å². The number of aromatic carboxylic acids is 1. The molecule has 0 atom stereocenters. The zero-order valence-corrected chi connectivity index (χ0v) is 9.79. The Kier molecular flexibility index (Phi) is 3.47. The maximum absolute atomic E-state index is 10.8. The van der Waals surface area contributed by atoms with Gasteiger partial charge in [-0.1, -0.05) is 0 Å². The van der Waals surface area contributed by atoms with Gasteiger partial charge in [0.25, 0.3) is 0 Å². The third-order valence-electron chi connectivity index (χ3n) is 2.29. The minimum atomic E-state index is -1.04. The highest BCUT2D eigenvalue weighted by molar-refractivity contribution is 5.86. The number of nitrogens with zero attached hydrogens (tertiary/aromatic N) is 3. The van der Waals surface area contributed by atoms with Crippen LogP contribution in [0.2, 0.25) is 0 Å². The van der Waals surface area contributed by atoms with Gasteiger partial charge in [0.15, 0.2) is 0 Å². The van der Waals surface area contributed by atoms with Crippen molar-refractivity contribution in [2.24, 2.45) is 0 Å². The monoisotopic (exact) mass is 244 g/mol. The molecule has 0 aromatic carbocycles. The van der Waals surface area contributed by atoms with E-state index in [1.54, 1.807) is 18.3 Å². The number of carbonyl (C=O) groups is 1. The van der Waals surface area contributed by atoms with Gasteiger partial charge in [0, 0.05) is 18.1 Å². The Morgan fingerprint density at radius 3 is 2.83 bits per heavy atom. The quantitative estimate of drug-likeness (QED) is 0.847. The number of carboxylic acids is 1. The van der Waals surface area contributed by atoms with Crippen LogP contribution >= 0.6 is 0 Å². The maximum Gasteiger partial charge on any atom is 0.354 e. The fourth-order valence-corrected chi connectivity index (χ4v) is 1.45. The van der Waals surface area contributed by atoms with Crippen LogP contribution in [0, 0.1) is 6.92 Å². The molecule has 0 radical (unpaired) electrons. The number of hydrogen-bond donors (Lipinski definition) is 2. The van der Waals surface area contributed by atoms with E-state index in [-0.39, 0.29) is 5.69 Å². The van der Waals surface area contributed by atoms with Gasteiger partial charge in [0.2, 0.25) is 0 Å². The lowest BCUT2D eigenvalue weighted by atomic mass is 10.3. The summed E-state index contributed by atoms with van der Waals surface area (Å²) in [6.07, 6.45) is 3.14. The van der Waals surface area contributed by atoms with Gasteiger partial charge in [0.05, 0.1) is 12.2 Å². The van der Waals surface area contributed by atoms with E-state index in [2.05, 4.69) is 20.3 Å². The molecule has 0 saturated carbocycles. The number of hydrogen-bond acceptors (Lipinski definition) is 5. The highest BCUT2D eigenvalue weighted by Crippen LogP contribution is 2.09. The van der Waals surface area contributed by atoms with Gasteiger partial charge >= 0.3 is 5.97 Å². The smallest absolute Gasteiger partial charge is 0.354 e. The number of rotatable bonds is 4. The fraction of sp³-hybridized carbons (Fsp3) is 0.167. The minimum Gasteiger partial charge on any atom is -0.477 e. The molecule has 0 saturated heterocycles. The first-order valence-corrected chi connectivity index (χ1v) is 5.37. The van der Waals surface area contributed by atoms with Crippen LogP contribution in [0.4, 0.5) is 5.69 Å². The largest absolute Gasteiger partial charge is 0.477 e.